The number of nitrogens with zero attached hydrogens (tertiary/aromatic N) is 5. The van der Waals surface area contributed by atoms with Crippen LogP contribution < -0.4 is 10.6 Å². The quantitative estimate of drug-likeness (QED) is 0.824. The number of halogens is 1. The van der Waals surface area contributed by atoms with Gasteiger partial charge in [-0.3, -0.25) is 4.79 Å². The largest absolute Gasteiger partial charge is 0.444 e. The van der Waals surface area contributed by atoms with Crippen molar-refractivity contribution in [3.05, 3.63) is 11.2 Å². The third-order valence-electron chi connectivity index (χ3n) is 4.14. The van der Waals surface area contributed by atoms with Gasteiger partial charge in [0.25, 0.3) is 0 Å². The molecule has 0 spiro atoms. The van der Waals surface area contributed by atoms with Gasteiger partial charge in [0.1, 0.15) is 12.1 Å². The Morgan fingerprint density at radius 1 is 1.37 bits per heavy atom. The molecule has 2 N–H and O–H groups in total. The third-order valence-corrected chi connectivity index (χ3v) is 4.32. The molecule has 2 rings (SSSR count). The molecule has 9 nitrogen and oxygen atoms in total. The van der Waals surface area contributed by atoms with E-state index >= 15 is 0 Å². The summed E-state index contributed by atoms with van der Waals surface area (Å²) in [5.41, 5.74) is 6.00. The van der Waals surface area contributed by atoms with Gasteiger partial charge < -0.3 is 25.2 Å². The second-order valence-electron chi connectivity index (χ2n) is 7.66. The van der Waals surface area contributed by atoms with Crippen molar-refractivity contribution in [3.63, 3.8) is 0 Å². The van der Waals surface area contributed by atoms with Crippen molar-refractivity contribution >= 4 is 35.1 Å². The highest BCUT2D eigenvalue weighted by atomic mass is 35.5. The number of rotatable bonds is 3. The second-order valence-corrected chi connectivity index (χ2v) is 8.04. The van der Waals surface area contributed by atoms with Crippen LogP contribution in [-0.4, -0.2) is 76.9 Å². The summed E-state index contributed by atoms with van der Waals surface area (Å²) in [6.07, 6.45) is -0.521. The molecule has 0 aliphatic carbocycles. The van der Waals surface area contributed by atoms with E-state index in [-0.39, 0.29) is 23.6 Å². The summed E-state index contributed by atoms with van der Waals surface area (Å²) in [7, 11) is 1.55. The number of hydrogen-bond donors (Lipinski definition) is 1. The van der Waals surface area contributed by atoms with Gasteiger partial charge in [-0.05, 0) is 27.7 Å². The van der Waals surface area contributed by atoms with E-state index in [1.54, 1.807) is 38.8 Å². The molecule has 1 unspecified atom stereocenters. The fourth-order valence-electron chi connectivity index (χ4n) is 2.87. The summed E-state index contributed by atoms with van der Waals surface area (Å²) >= 11 is 5.91. The number of aromatic nitrogens is 2. The predicted octanol–water partition coefficient (Wildman–Crippen LogP) is 1.62. The number of ether oxygens (including phenoxy) is 1. The Bertz CT molecular complexity index is 708. The number of carbonyl (C=O) groups is 2. The summed E-state index contributed by atoms with van der Waals surface area (Å²) in [5, 5.41) is 7.83. The number of piperazine rings is 1. The zero-order valence-electron chi connectivity index (χ0n) is 16.4. The van der Waals surface area contributed by atoms with Crippen molar-refractivity contribution in [1.82, 2.24) is 20.0 Å². The van der Waals surface area contributed by atoms with Gasteiger partial charge in [0.2, 0.25) is 5.91 Å². The van der Waals surface area contributed by atoms with Crippen LogP contribution in [0.5, 0.6) is 0 Å². The molecule has 2 heterocycles. The van der Waals surface area contributed by atoms with Gasteiger partial charge in [0.05, 0.1) is 5.69 Å². The van der Waals surface area contributed by atoms with E-state index in [1.807, 2.05) is 11.8 Å². The summed E-state index contributed by atoms with van der Waals surface area (Å²) in [5.74, 6) is 0.172. The first-order valence-electron chi connectivity index (χ1n) is 8.75. The minimum absolute atomic E-state index is 0.0377. The highest BCUT2D eigenvalue weighted by Crippen LogP contribution is 2.25. The average Bonchev–Trinajstić information content (AvgIpc) is 2.55. The first-order valence-corrected chi connectivity index (χ1v) is 9.13. The maximum Gasteiger partial charge on any atom is 0.410 e. The molecule has 2 amide bonds. The number of hydrogen-bond acceptors (Lipinski definition) is 7. The zero-order chi connectivity index (χ0) is 20.4. The van der Waals surface area contributed by atoms with Gasteiger partial charge in [-0.25, -0.2) is 4.79 Å². The zero-order valence-corrected chi connectivity index (χ0v) is 17.2. The van der Waals surface area contributed by atoms with Crippen molar-refractivity contribution in [2.24, 2.45) is 0 Å². The Morgan fingerprint density at radius 3 is 2.63 bits per heavy atom. The number of anilines is 2. The third kappa shape index (κ3) is 5.59. The van der Waals surface area contributed by atoms with Crippen LogP contribution in [0.2, 0.25) is 5.15 Å². The first kappa shape index (κ1) is 21.0. The number of likely N-dealkylation sites (N-methyl/N-ethyl adjacent to an activating group) is 1. The Labute approximate surface area is 164 Å². The fraction of sp³-hybridized carbons (Fsp3) is 0.647. The standard InChI is InChI=1S/C17H27ClN6O3/c1-11-9-23(12-8-13(18)20-21-15(12)19)6-7-24(11)14(25)10-22(5)16(26)27-17(2,3)4/h8,11H,6-7,9-10H2,1-5H3,(H2,19,21). The molecule has 0 aromatic carbocycles. The van der Waals surface area contributed by atoms with Crippen LogP contribution in [0.25, 0.3) is 0 Å². The van der Waals surface area contributed by atoms with Crippen molar-refractivity contribution in [2.75, 3.05) is 43.9 Å². The van der Waals surface area contributed by atoms with Gasteiger partial charge >= 0.3 is 6.09 Å². The number of nitrogen functional groups attached to an aromatic ring is 1. The van der Waals surface area contributed by atoms with Crippen LogP contribution in [0.3, 0.4) is 0 Å². The Hall–Kier alpha value is -2.29. The molecule has 1 aliphatic heterocycles. The molecule has 0 radical (unpaired) electrons. The number of amides is 2. The highest BCUT2D eigenvalue weighted by Gasteiger charge is 2.30. The van der Waals surface area contributed by atoms with Crippen LogP contribution in [0.4, 0.5) is 16.3 Å². The fourth-order valence-corrected chi connectivity index (χ4v) is 3.01. The smallest absolute Gasteiger partial charge is 0.410 e. The minimum Gasteiger partial charge on any atom is -0.444 e. The SMILES string of the molecule is CC1CN(c2cc(Cl)nnc2N)CCN1C(=O)CN(C)C(=O)OC(C)(C)C. The molecule has 1 fully saturated rings. The van der Waals surface area contributed by atoms with E-state index in [0.29, 0.717) is 31.1 Å². The van der Waals surface area contributed by atoms with E-state index < -0.39 is 11.7 Å². The van der Waals surface area contributed by atoms with Crippen LogP contribution in [0.1, 0.15) is 27.7 Å². The topological polar surface area (TPSA) is 105 Å². The molecule has 150 valence electrons. The monoisotopic (exact) mass is 398 g/mol. The lowest BCUT2D eigenvalue weighted by Crippen LogP contribution is -2.56. The van der Waals surface area contributed by atoms with Gasteiger partial charge in [-0.1, -0.05) is 11.6 Å². The maximum absolute atomic E-state index is 12.6. The highest BCUT2D eigenvalue weighted by molar-refractivity contribution is 6.29. The molecule has 0 saturated carbocycles. The lowest BCUT2D eigenvalue weighted by atomic mass is 10.1. The Kier molecular flexibility index (Phi) is 6.35. The van der Waals surface area contributed by atoms with Crippen LogP contribution >= 0.6 is 11.6 Å². The molecular formula is C17H27ClN6O3. The molecule has 1 saturated heterocycles. The van der Waals surface area contributed by atoms with Crippen molar-refractivity contribution in [3.8, 4) is 0 Å². The van der Waals surface area contributed by atoms with Crippen LogP contribution in [0, 0.1) is 0 Å². The summed E-state index contributed by atoms with van der Waals surface area (Å²) < 4.78 is 5.28. The molecule has 10 heteroatoms. The van der Waals surface area contributed by atoms with E-state index in [2.05, 4.69) is 10.2 Å². The number of nitrogens with two attached hydrogens (primary N) is 1. The molecule has 1 aliphatic rings. The molecule has 27 heavy (non-hydrogen) atoms. The molecule has 1 aromatic rings. The predicted molar refractivity (Wildman–Crippen MR) is 104 cm³/mol. The van der Waals surface area contributed by atoms with E-state index in [9.17, 15) is 9.59 Å². The summed E-state index contributed by atoms with van der Waals surface area (Å²) in [6.45, 7) is 8.93. The van der Waals surface area contributed by atoms with E-state index in [4.69, 9.17) is 22.1 Å². The van der Waals surface area contributed by atoms with Gasteiger partial charge in [-0.2, -0.15) is 0 Å². The van der Waals surface area contributed by atoms with E-state index in [0.717, 1.165) is 0 Å². The van der Waals surface area contributed by atoms with E-state index in [1.165, 1.54) is 4.90 Å². The Morgan fingerprint density at radius 2 is 2.04 bits per heavy atom. The van der Waals surface area contributed by atoms with Gasteiger partial charge in [0.15, 0.2) is 11.0 Å². The molecular weight excluding hydrogens is 372 g/mol. The normalized spacial score (nSPS) is 17.6. The van der Waals surface area contributed by atoms with Gasteiger partial charge in [-0.15, -0.1) is 10.2 Å². The molecule has 1 aromatic heterocycles. The van der Waals surface area contributed by atoms with Gasteiger partial charge in [0, 0.05) is 38.8 Å². The van der Waals surface area contributed by atoms with Crippen molar-refractivity contribution in [2.45, 2.75) is 39.3 Å². The lowest BCUT2D eigenvalue weighted by molar-refractivity contribution is -0.134. The number of carbonyl (C=O) groups excluding carboxylic acids is 2. The maximum atomic E-state index is 12.6. The second kappa shape index (κ2) is 8.16. The lowest BCUT2D eigenvalue weighted by Gasteiger charge is -2.41. The minimum atomic E-state index is -0.604. The van der Waals surface area contributed by atoms with Crippen molar-refractivity contribution < 1.29 is 14.3 Å². The summed E-state index contributed by atoms with van der Waals surface area (Å²) in [6, 6.07) is 1.61. The first-order chi connectivity index (χ1) is 12.5. The van der Waals surface area contributed by atoms with Crippen LogP contribution in [0.15, 0.2) is 6.07 Å². The molecule has 0 bridgehead atoms. The van der Waals surface area contributed by atoms with Crippen molar-refractivity contribution in [1.29, 1.82) is 0 Å². The molecule has 1 atom stereocenters. The summed E-state index contributed by atoms with van der Waals surface area (Å²) in [4.78, 5) is 29.8. The average molecular weight is 399 g/mol. The Balaban J connectivity index is 1.96. The van der Waals surface area contributed by atoms with Crippen LogP contribution in [-0.2, 0) is 9.53 Å².